The zero-order valence-electron chi connectivity index (χ0n) is 10.6. The second-order valence-electron chi connectivity index (χ2n) is 4.17. The van der Waals surface area contributed by atoms with Crippen LogP contribution in [0.2, 0.25) is 0 Å². The summed E-state index contributed by atoms with van der Waals surface area (Å²) < 4.78 is 6.96. The van der Waals surface area contributed by atoms with E-state index in [-0.39, 0.29) is 0 Å². The van der Waals surface area contributed by atoms with Gasteiger partial charge in [-0.2, -0.15) is 0 Å². The van der Waals surface area contributed by atoms with E-state index in [4.69, 9.17) is 10.5 Å². The van der Waals surface area contributed by atoms with Crippen molar-refractivity contribution in [2.75, 3.05) is 7.11 Å². The van der Waals surface area contributed by atoms with Crippen LogP contribution in [0.3, 0.4) is 0 Å². The van der Waals surface area contributed by atoms with E-state index < -0.39 is 0 Å². The second-order valence-corrected chi connectivity index (χ2v) is 4.17. The summed E-state index contributed by atoms with van der Waals surface area (Å²) in [6.07, 6.45) is 1.87. The van der Waals surface area contributed by atoms with E-state index in [2.05, 4.69) is 10.1 Å². The Hall–Kier alpha value is -2.40. The van der Waals surface area contributed by atoms with Crippen LogP contribution >= 0.6 is 0 Å². The molecule has 0 amide bonds. The topological polar surface area (TPSA) is 65.4 Å². The molecule has 0 saturated carbocycles. The molecule has 0 bridgehead atoms. The molecule has 3 aromatic rings. The lowest BCUT2D eigenvalue weighted by Crippen LogP contribution is -1.99. The molecule has 2 heterocycles. The van der Waals surface area contributed by atoms with E-state index in [1.54, 1.807) is 11.6 Å². The minimum atomic E-state index is 0.445. The molecule has 0 aliphatic rings. The van der Waals surface area contributed by atoms with Gasteiger partial charge in [-0.3, -0.25) is 0 Å². The van der Waals surface area contributed by atoms with Crippen LogP contribution in [0.15, 0.2) is 42.6 Å². The number of nitrogens with zero attached hydrogens (tertiary/aromatic N) is 3. The maximum Gasteiger partial charge on any atom is 0.182 e. The summed E-state index contributed by atoms with van der Waals surface area (Å²) in [5.74, 6) is 1.45. The molecule has 96 valence electrons. The van der Waals surface area contributed by atoms with Crippen LogP contribution in [0.1, 0.15) is 5.56 Å². The highest BCUT2D eigenvalue weighted by Crippen LogP contribution is 2.22. The number of hydrogen-bond donors (Lipinski definition) is 1. The molecule has 0 unspecified atom stereocenters. The van der Waals surface area contributed by atoms with Gasteiger partial charge in [0.1, 0.15) is 5.75 Å². The average Bonchev–Trinajstić information content (AvgIpc) is 2.91. The predicted octanol–water partition coefficient (Wildman–Crippen LogP) is 1.86. The van der Waals surface area contributed by atoms with Gasteiger partial charge in [-0.25, -0.2) is 9.50 Å². The molecular weight excluding hydrogens is 240 g/mol. The molecule has 3 rings (SSSR count). The number of aromatic nitrogens is 3. The summed E-state index contributed by atoms with van der Waals surface area (Å²) in [6.45, 7) is 0.445. The van der Waals surface area contributed by atoms with E-state index >= 15 is 0 Å². The number of benzene rings is 1. The van der Waals surface area contributed by atoms with Crippen molar-refractivity contribution in [3.05, 3.63) is 48.2 Å². The first-order chi connectivity index (χ1) is 9.31. The van der Waals surface area contributed by atoms with Crippen molar-refractivity contribution in [1.82, 2.24) is 14.6 Å². The molecule has 0 aliphatic heterocycles. The van der Waals surface area contributed by atoms with E-state index in [1.807, 2.05) is 42.6 Å². The Balaban J connectivity index is 2.15. The normalized spacial score (nSPS) is 10.8. The van der Waals surface area contributed by atoms with Gasteiger partial charge in [0.05, 0.1) is 7.11 Å². The third-order valence-corrected chi connectivity index (χ3v) is 2.99. The molecule has 0 aliphatic carbocycles. The van der Waals surface area contributed by atoms with Crippen molar-refractivity contribution >= 4 is 5.65 Å². The van der Waals surface area contributed by atoms with E-state index in [1.165, 1.54) is 0 Å². The zero-order chi connectivity index (χ0) is 13.2. The Kier molecular flexibility index (Phi) is 2.89. The van der Waals surface area contributed by atoms with Crippen LogP contribution in [-0.2, 0) is 6.54 Å². The average molecular weight is 254 g/mol. The molecule has 19 heavy (non-hydrogen) atoms. The number of nitrogens with two attached hydrogens (primary N) is 1. The smallest absolute Gasteiger partial charge is 0.182 e. The largest absolute Gasteiger partial charge is 0.497 e. The van der Waals surface area contributed by atoms with Gasteiger partial charge in [-0.1, -0.05) is 18.2 Å². The highest BCUT2D eigenvalue weighted by molar-refractivity contribution is 5.61. The Labute approximate surface area is 110 Å². The SMILES string of the molecule is COc1cccc(-c2nc3c(CN)cccn3n2)c1. The van der Waals surface area contributed by atoms with Gasteiger partial charge in [0.25, 0.3) is 0 Å². The maximum atomic E-state index is 5.71. The van der Waals surface area contributed by atoms with Crippen molar-refractivity contribution < 1.29 is 4.74 Å². The molecule has 2 aromatic heterocycles. The molecule has 0 radical (unpaired) electrons. The summed E-state index contributed by atoms with van der Waals surface area (Å²) in [6, 6.07) is 11.6. The quantitative estimate of drug-likeness (QED) is 0.774. The fraction of sp³-hybridized carbons (Fsp3) is 0.143. The Bertz CT molecular complexity index is 720. The standard InChI is InChI=1S/C14H14N4O/c1-19-12-6-2-4-10(8-12)13-16-14-11(9-15)5-3-7-18(14)17-13/h2-8H,9,15H2,1H3. The van der Waals surface area contributed by atoms with Crippen LogP contribution in [-0.4, -0.2) is 21.7 Å². The van der Waals surface area contributed by atoms with Crippen LogP contribution in [0.4, 0.5) is 0 Å². The molecule has 0 saturated heterocycles. The minimum Gasteiger partial charge on any atom is -0.497 e. The third-order valence-electron chi connectivity index (χ3n) is 2.99. The summed E-state index contributed by atoms with van der Waals surface area (Å²) >= 11 is 0. The van der Waals surface area contributed by atoms with Gasteiger partial charge < -0.3 is 10.5 Å². The van der Waals surface area contributed by atoms with Crippen molar-refractivity contribution in [2.45, 2.75) is 6.54 Å². The minimum absolute atomic E-state index is 0.445. The molecule has 1 aromatic carbocycles. The van der Waals surface area contributed by atoms with Crippen LogP contribution in [0, 0.1) is 0 Å². The first kappa shape index (κ1) is 11.7. The van der Waals surface area contributed by atoms with Gasteiger partial charge in [0, 0.05) is 23.9 Å². The van der Waals surface area contributed by atoms with Gasteiger partial charge >= 0.3 is 0 Å². The number of pyridine rings is 1. The zero-order valence-corrected chi connectivity index (χ0v) is 10.6. The van der Waals surface area contributed by atoms with Crippen LogP contribution < -0.4 is 10.5 Å². The van der Waals surface area contributed by atoms with Crippen molar-refractivity contribution in [1.29, 1.82) is 0 Å². The van der Waals surface area contributed by atoms with Crippen LogP contribution in [0.5, 0.6) is 5.75 Å². The molecule has 2 N–H and O–H groups in total. The van der Waals surface area contributed by atoms with Gasteiger partial charge in [-0.05, 0) is 18.2 Å². The lowest BCUT2D eigenvalue weighted by molar-refractivity contribution is 0.415. The lowest BCUT2D eigenvalue weighted by Gasteiger charge is -2.00. The molecule has 0 spiro atoms. The monoisotopic (exact) mass is 254 g/mol. The van der Waals surface area contributed by atoms with Gasteiger partial charge in [-0.15, -0.1) is 5.10 Å². The second kappa shape index (κ2) is 4.70. The summed E-state index contributed by atoms with van der Waals surface area (Å²) in [5, 5.41) is 4.46. The Morgan fingerprint density at radius 1 is 1.26 bits per heavy atom. The number of ether oxygens (including phenoxy) is 1. The number of methoxy groups -OCH3 is 1. The van der Waals surface area contributed by atoms with Crippen molar-refractivity contribution in [3.63, 3.8) is 0 Å². The molecule has 0 atom stereocenters. The fourth-order valence-corrected chi connectivity index (χ4v) is 2.01. The van der Waals surface area contributed by atoms with E-state index in [0.29, 0.717) is 12.4 Å². The summed E-state index contributed by atoms with van der Waals surface area (Å²) in [5.41, 5.74) is 8.40. The molecule has 0 fully saturated rings. The fourth-order valence-electron chi connectivity index (χ4n) is 2.01. The Morgan fingerprint density at radius 3 is 2.95 bits per heavy atom. The number of fused-ring (bicyclic) bond motifs is 1. The number of hydrogen-bond acceptors (Lipinski definition) is 4. The Morgan fingerprint density at radius 2 is 2.16 bits per heavy atom. The molecule has 5 heteroatoms. The van der Waals surface area contributed by atoms with E-state index in [0.717, 1.165) is 22.5 Å². The van der Waals surface area contributed by atoms with Crippen molar-refractivity contribution in [2.24, 2.45) is 5.73 Å². The number of rotatable bonds is 3. The van der Waals surface area contributed by atoms with Crippen molar-refractivity contribution in [3.8, 4) is 17.1 Å². The highest BCUT2D eigenvalue weighted by atomic mass is 16.5. The van der Waals surface area contributed by atoms with E-state index in [9.17, 15) is 0 Å². The summed E-state index contributed by atoms with van der Waals surface area (Å²) in [4.78, 5) is 4.55. The highest BCUT2D eigenvalue weighted by Gasteiger charge is 2.09. The lowest BCUT2D eigenvalue weighted by atomic mass is 10.2. The molecule has 5 nitrogen and oxygen atoms in total. The predicted molar refractivity (Wildman–Crippen MR) is 72.9 cm³/mol. The van der Waals surface area contributed by atoms with Crippen LogP contribution in [0.25, 0.3) is 17.0 Å². The first-order valence-electron chi connectivity index (χ1n) is 6.00. The maximum absolute atomic E-state index is 5.71. The first-order valence-corrected chi connectivity index (χ1v) is 6.00. The van der Waals surface area contributed by atoms with Gasteiger partial charge in [0.2, 0.25) is 0 Å². The third kappa shape index (κ3) is 2.04. The summed E-state index contributed by atoms with van der Waals surface area (Å²) in [7, 11) is 1.64. The van der Waals surface area contributed by atoms with Gasteiger partial charge in [0.15, 0.2) is 11.5 Å². The molecular formula is C14H14N4O.